The van der Waals surface area contributed by atoms with Gasteiger partial charge in [-0.3, -0.25) is 5.32 Å². The zero-order chi connectivity index (χ0) is 14.8. The third-order valence-electron chi connectivity index (χ3n) is 2.71. The first kappa shape index (κ1) is 13.4. The summed E-state index contributed by atoms with van der Waals surface area (Å²) in [5.41, 5.74) is 0.256. The third-order valence-corrected chi connectivity index (χ3v) is 3.65. The van der Waals surface area contributed by atoms with Gasteiger partial charge in [-0.1, -0.05) is 29.5 Å². The van der Waals surface area contributed by atoms with Gasteiger partial charge in [-0.15, -0.1) is 0 Å². The predicted molar refractivity (Wildman–Crippen MR) is 78.6 cm³/mol. The number of nitrogens with one attached hydrogen (secondary N) is 2. The smallest absolute Gasteiger partial charge is 0.305 e. The van der Waals surface area contributed by atoms with Crippen molar-refractivity contribution in [3.8, 4) is 0 Å². The fourth-order valence-corrected chi connectivity index (χ4v) is 2.66. The van der Waals surface area contributed by atoms with Gasteiger partial charge in [0.05, 0.1) is 10.4 Å². The number of hydrogen-bond donors (Lipinski definition) is 2. The minimum absolute atomic E-state index is 0.0577. The van der Waals surface area contributed by atoms with Crippen LogP contribution in [0.5, 0.6) is 0 Å². The summed E-state index contributed by atoms with van der Waals surface area (Å²) < 4.78 is 27.5. The van der Waals surface area contributed by atoms with Gasteiger partial charge in [0, 0.05) is 0 Å². The van der Waals surface area contributed by atoms with Crippen LogP contribution < -0.4 is 10.6 Å². The molecule has 3 aromatic rings. The van der Waals surface area contributed by atoms with Crippen molar-refractivity contribution in [3.63, 3.8) is 0 Å². The van der Waals surface area contributed by atoms with E-state index in [1.165, 1.54) is 24.3 Å². The number of nitrogens with zero attached hydrogens (tertiary/aromatic N) is 1. The van der Waals surface area contributed by atoms with E-state index in [1.807, 2.05) is 0 Å². The number of halogens is 2. The number of para-hydroxylation sites is 2. The standard InChI is InChI=1S/C14H9F2N3OS/c15-8-4-1-2-6-10(8)17-13(20)19-14-18-12-9(16)5-3-7-11(12)21-14/h1-7H,(H2,17,18,19,20). The van der Waals surface area contributed by atoms with Crippen LogP contribution in [-0.4, -0.2) is 11.0 Å². The number of amides is 2. The van der Waals surface area contributed by atoms with Gasteiger partial charge in [0.2, 0.25) is 0 Å². The summed E-state index contributed by atoms with van der Waals surface area (Å²) in [6, 6.07) is 9.73. The Kier molecular flexibility index (Phi) is 3.49. The molecule has 0 radical (unpaired) electrons. The fraction of sp³-hybridized carbons (Fsp3) is 0. The van der Waals surface area contributed by atoms with Crippen LogP contribution in [0.2, 0.25) is 0 Å². The molecule has 2 N–H and O–H groups in total. The minimum atomic E-state index is -0.639. The Morgan fingerprint density at radius 1 is 1.00 bits per heavy atom. The summed E-state index contributed by atoms with van der Waals surface area (Å²) in [5, 5.41) is 5.06. The van der Waals surface area contributed by atoms with E-state index in [2.05, 4.69) is 15.6 Å². The molecule has 2 amide bonds. The van der Waals surface area contributed by atoms with Crippen molar-refractivity contribution in [2.75, 3.05) is 10.6 Å². The first-order valence-corrected chi connectivity index (χ1v) is 6.83. The first-order valence-electron chi connectivity index (χ1n) is 6.01. The molecule has 21 heavy (non-hydrogen) atoms. The van der Waals surface area contributed by atoms with Gasteiger partial charge in [-0.2, -0.15) is 0 Å². The van der Waals surface area contributed by atoms with Gasteiger partial charge in [0.25, 0.3) is 0 Å². The number of aromatic nitrogens is 1. The highest BCUT2D eigenvalue weighted by Crippen LogP contribution is 2.27. The van der Waals surface area contributed by atoms with Crippen LogP contribution in [-0.2, 0) is 0 Å². The lowest BCUT2D eigenvalue weighted by Crippen LogP contribution is -2.19. The Morgan fingerprint density at radius 3 is 2.52 bits per heavy atom. The first-order chi connectivity index (χ1) is 10.1. The molecule has 2 aromatic carbocycles. The molecule has 0 spiro atoms. The highest BCUT2D eigenvalue weighted by molar-refractivity contribution is 7.22. The lowest BCUT2D eigenvalue weighted by molar-refractivity contribution is 0.262. The number of benzene rings is 2. The zero-order valence-electron chi connectivity index (χ0n) is 10.6. The van der Waals surface area contributed by atoms with E-state index in [-0.39, 0.29) is 16.3 Å². The van der Waals surface area contributed by atoms with Crippen molar-refractivity contribution >= 4 is 38.4 Å². The largest absolute Gasteiger partial charge is 0.325 e. The maximum atomic E-state index is 13.5. The second-order valence-corrected chi connectivity index (χ2v) is 5.20. The number of thiazole rings is 1. The SMILES string of the molecule is O=C(Nc1nc2c(F)cccc2s1)Nc1ccccc1F. The highest BCUT2D eigenvalue weighted by Gasteiger charge is 2.11. The third kappa shape index (κ3) is 2.82. The van der Waals surface area contributed by atoms with Gasteiger partial charge >= 0.3 is 6.03 Å². The van der Waals surface area contributed by atoms with Crippen LogP contribution in [0.25, 0.3) is 10.2 Å². The van der Waals surface area contributed by atoms with E-state index < -0.39 is 17.7 Å². The van der Waals surface area contributed by atoms with Crippen molar-refractivity contribution in [2.24, 2.45) is 0 Å². The molecular weight excluding hydrogens is 296 g/mol. The molecule has 0 aliphatic heterocycles. The van der Waals surface area contributed by atoms with Gasteiger partial charge in [-0.05, 0) is 24.3 Å². The van der Waals surface area contributed by atoms with Crippen molar-refractivity contribution in [2.45, 2.75) is 0 Å². The molecule has 0 aliphatic rings. The van der Waals surface area contributed by atoms with Crippen LogP contribution in [0.3, 0.4) is 0 Å². The van der Waals surface area contributed by atoms with Crippen LogP contribution >= 0.6 is 11.3 Å². The van der Waals surface area contributed by atoms with E-state index in [9.17, 15) is 13.6 Å². The summed E-state index contributed by atoms with van der Waals surface area (Å²) in [4.78, 5) is 15.8. The van der Waals surface area contributed by atoms with E-state index in [1.54, 1.807) is 18.2 Å². The normalized spacial score (nSPS) is 10.6. The van der Waals surface area contributed by atoms with Gasteiger partial charge in [-0.25, -0.2) is 18.6 Å². The maximum absolute atomic E-state index is 13.5. The number of anilines is 2. The quantitative estimate of drug-likeness (QED) is 0.745. The molecule has 0 atom stereocenters. The predicted octanol–water partition coefficient (Wildman–Crippen LogP) is 4.22. The molecule has 4 nitrogen and oxygen atoms in total. The minimum Gasteiger partial charge on any atom is -0.305 e. The zero-order valence-corrected chi connectivity index (χ0v) is 11.4. The second kappa shape index (κ2) is 5.45. The average molecular weight is 305 g/mol. The van der Waals surface area contributed by atoms with Crippen LogP contribution in [0, 0.1) is 11.6 Å². The molecule has 1 heterocycles. The van der Waals surface area contributed by atoms with E-state index in [0.717, 1.165) is 11.3 Å². The molecule has 0 fully saturated rings. The molecule has 0 unspecified atom stereocenters. The summed E-state index contributed by atoms with van der Waals surface area (Å²) in [6.45, 7) is 0. The number of fused-ring (bicyclic) bond motifs is 1. The number of carbonyl (C=O) groups excluding carboxylic acids is 1. The maximum Gasteiger partial charge on any atom is 0.325 e. The van der Waals surface area contributed by atoms with Crippen molar-refractivity contribution in [1.82, 2.24) is 4.98 Å². The summed E-state index contributed by atoms with van der Waals surface area (Å²) in [5.74, 6) is -0.991. The Balaban J connectivity index is 1.77. The molecular formula is C14H9F2N3OS. The number of rotatable bonds is 2. The Morgan fingerprint density at radius 2 is 1.76 bits per heavy atom. The second-order valence-electron chi connectivity index (χ2n) is 4.16. The molecule has 3 rings (SSSR count). The van der Waals surface area contributed by atoms with Gasteiger partial charge in [0.1, 0.15) is 17.2 Å². The summed E-state index contributed by atoms with van der Waals surface area (Å²) in [7, 11) is 0. The molecule has 0 aliphatic carbocycles. The van der Waals surface area contributed by atoms with Gasteiger partial charge in [0.15, 0.2) is 5.13 Å². The highest BCUT2D eigenvalue weighted by atomic mass is 32.1. The van der Waals surface area contributed by atoms with Crippen molar-refractivity contribution in [1.29, 1.82) is 0 Å². The lowest BCUT2D eigenvalue weighted by Gasteiger charge is -2.05. The number of hydrogen-bond acceptors (Lipinski definition) is 3. The van der Waals surface area contributed by atoms with E-state index >= 15 is 0 Å². The topological polar surface area (TPSA) is 54.0 Å². The van der Waals surface area contributed by atoms with Gasteiger partial charge < -0.3 is 5.32 Å². The van der Waals surface area contributed by atoms with Crippen molar-refractivity contribution in [3.05, 3.63) is 54.1 Å². The molecule has 0 saturated carbocycles. The van der Waals surface area contributed by atoms with E-state index in [4.69, 9.17) is 0 Å². The summed E-state index contributed by atoms with van der Waals surface area (Å²) >= 11 is 1.14. The van der Waals surface area contributed by atoms with E-state index in [0.29, 0.717) is 4.70 Å². The number of carbonyl (C=O) groups is 1. The number of urea groups is 1. The summed E-state index contributed by atoms with van der Waals surface area (Å²) in [6.07, 6.45) is 0. The Bertz CT molecular complexity index is 819. The fourth-order valence-electron chi connectivity index (χ4n) is 1.78. The van der Waals surface area contributed by atoms with Crippen LogP contribution in [0.1, 0.15) is 0 Å². The average Bonchev–Trinajstić information content (AvgIpc) is 2.85. The van der Waals surface area contributed by atoms with Crippen molar-refractivity contribution < 1.29 is 13.6 Å². The molecule has 1 aromatic heterocycles. The molecule has 0 bridgehead atoms. The monoisotopic (exact) mass is 305 g/mol. The lowest BCUT2D eigenvalue weighted by atomic mass is 10.3. The van der Waals surface area contributed by atoms with Crippen LogP contribution in [0.15, 0.2) is 42.5 Å². The Hall–Kier alpha value is -2.54. The molecule has 7 heteroatoms. The molecule has 0 saturated heterocycles. The van der Waals surface area contributed by atoms with Crippen LogP contribution in [0.4, 0.5) is 24.4 Å². The molecule has 106 valence electrons. The Labute approximate surface area is 122 Å².